The van der Waals surface area contributed by atoms with Crippen molar-refractivity contribution in [3.8, 4) is 0 Å². The summed E-state index contributed by atoms with van der Waals surface area (Å²) in [5.74, 6) is -0.0136. The Morgan fingerprint density at radius 1 is 1.80 bits per heavy atom. The number of nitrogens with one attached hydrogen (secondary N) is 1. The molecule has 2 rings (SSSR count). The van der Waals surface area contributed by atoms with Crippen LogP contribution in [-0.4, -0.2) is 23.6 Å². The van der Waals surface area contributed by atoms with Gasteiger partial charge >= 0.3 is 0 Å². The van der Waals surface area contributed by atoms with Crippen molar-refractivity contribution in [3.05, 3.63) is 16.1 Å². The van der Waals surface area contributed by atoms with Gasteiger partial charge in [0.2, 0.25) is 5.91 Å². The molecule has 15 heavy (non-hydrogen) atoms. The van der Waals surface area contributed by atoms with E-state index >= 15 is 0 Å². The minimum absolute atomic E-state index is 0.0136. The first-order chi connectivity index (χ1) is 7.25. The minimum atomic E-state index is -0.244. The van der Waals surface area contributed by atoms with Crippen molar-refractivity contribution in [1.29, 1.82) is 0 Å². The highest BCUT2D eigenvalue weighted by Gasteiger charge is 2.23. The molecule has 4 nitrogen and oxygen atoms in total. The number of ether oxygens (including phenoxy) is 1. The lowest BCUT2D eigenvalue weighted by atomic mass is 10.2. The van der Waals surface area contributed by atoms with Gasteiger partial charge in [-0.1, -0.05) is 0 Å². The van der Waals surface area contributed by atoms with Gasteiger partial charge in [0.15, 0.2) is 0 Å². The molecule has 2 heterocycles. The number of nitrogens with zero attached hydrogens (tertiary/aromatic N) is 1. The number of rotatable bonds is 3. The van der Waals surface area contributed by atoms with E-state index in [0.29, 0.717) is 13.2 Å². The molecule has 5 heteroatoms. The Morgan fingerprint density at radius 2 is 2.67 bits per heavy atom. The maximum atomic E-state index is 11.6. The van der Waals surface area contributed by atoms with Crippen molar-refractivity contribution < 1.29 is 9.53 Å². The summed E-state index contributed by atoms with van der Waals surface area (Å²) in [5.41, 5.74) is 1.00. The number of aryl methyl sites for hydroxylation is 1. The number of carbonyl (C=O) groups excluding carboxylic acids is 1. The van der Waals surface area contributed by atoms with Crippen LogP contribution in [0.2, 0.25) is 0 Å². The summed E-state index contributed by atoms with van der Waals surface area (Å²) < 4.78 is 5.28. The number of hydrogen-bond donors (Lipinski definition) is 1. The molecule has 82 valence electrons. The summed E-state index contributed by atoms with van der Waals surface area (Å²) in [6.45, 7) is 3.16. The van der Waals surface area contributed by atoms with Gasteiger partial charge in [-0.15, -0.1) is 11.3 Å². The number of amides is 1. The third-order valence-electron chi connectivity index (χ3n) is 2.30. The van der Waals surface area contributed by atoms with E-state index in [9.17, 15) is 4.79 Å². The average Bonchev–Trinajstić information content (AvgIpc) is 2.84. The van der Waals surface area contributed by atoms with E-state index < -0.39 is 0 Å². The Morgan fingerprint density at radius 3 is 3.27 bits per heavy atom. The van der Waals surface area contributed by atoms with Crippen molar-refractivity contribution in [2.75, 3.05) is 6.61 Å². The van der Waals surface area contributed by atoms with Crippen molar-refractivity contribution in [2.45, 2.75) is 32.4 Å². The first-order valence-electron chi connectivity index (χ1n) is 5.06. The lowest BCUT2D eigenvalue weighted by Gasteiger charge is -2.08. The van der Waals surface area contributed by atoms with Gasteiger partial charge in [0, 0.05) is 17.7 Å². The molecule has 0 aromatic carbocycles. The maximum Gasteiger partial charge on any atom is 0.249 e. The molecule has 1 aliphatic heterocycles. The highest BCUT2D eigenvalue weighted by molar-refractivity contribution is 7.09. The van der Waals surface area contributed by atoms with E-state index in [1.807, 2.05) is 12.3 Å². The van der Waals surface area contributed by atoms with Crippen LogP contribution in [0.4, 0.5) is 0 Å². The van der Waals surface area contributed by atoms with Gasteiger partial charge in [-0.25, -0.2) is 4.98 Å². The molecule has 0 radical (unpaired) electrons. The summed E-state index contributed by atoms with van der Waals surface area (Å²) in [7, 11) is 0. The van der Waals surface area contributed by atoms with Crippen LogP contribution in [0.5, 0.6) is 0 Å². The molecule has 0 saturated carbocycles. The first kappa shape index (κ1) is 10.6. The van der Waals surface area contributed by atoms with Gasteiger partial charge < -0.3 is 10.1 Å². The lowest BCUT2D eigenvalue weighted by Crippen LogP contribution is -2.33. The Kier molecular flexibility index (Phi) is 3.33. The Labute approximate surface area is 92.7 Å². The van der Waals surface area contributed by atoms with Crippen LogP contribution < -0.4 is 5.32 Å². The lowest BCUT2D eigenvalue weighted by molar-refractivity contribution is -0.130. The summed E-state index contributed by atoms with van der Waals surface area (Å²) in [6.07, 6.45) is 1.57. The predicted molar refractivity (Wildman–Crippen MR) is 57.7 cm³/mol. The van der Waals surface area contributed by atoms with Crippen molar-refractivity contribution in [3.63, 3.8) is 0 Å². The van der Waals surface area contributed by atoms with Crippen LogP contribution in [0.25, 0.3) is 0 Å². The van der Waals surface area contributed by atoms with Crippen LogP contribution >= 0.6 is 11.3 Å². The van der Waals surface area contributed by atoms with Crippen LogP contribution in [0.3, 0.4) is 0 Å². The maximum absolute atomic E-state index is 11.6. The largest absolute Gasteiger partial charge is 0.368 e. The summed E-state index contributed by atoms with van der Waals surface area (Å²) in [4.78, 5) is 15.8. The monoisotopic (exact) mass is 226 g/mol. The van der Waals surface area contributed by atoms with Crippen LogP contribution in [-0.2, 0) is 16.1 Å². The smallest absolute Gasteiger partial charge is 0.249 e. The fraction of sp³-hybridized carbons (Fsp3) is 0.600. The molecule has 1 aliphatic rings. The molecule has 1 fully saturated rings. The summed E-state index contributed by atoms with van der Waals surface area (Å²) in [6, 6.07) is 0. The third-order valence-corrected chi connectivity index (χ3v) is 3.27. The molecular weight excluding hydrogens is 212 g/mol. The molecule has 1 atom stereocenters. The fourth-order valence-corrected chi connectivity index (χ4v) is 2.26. The van der Waals surface area contributed by atoms with Gasteiger partial charge in [-0.3, -0.25) is 4.79 Å². The zero-order valence-electron chi connectivity index (χ0n) is 8.66. The topological polar surface area (TPSA) is 51.2 Å². The number of carbonyl (C=O) groups is 1. The van der Waals surface area contributed by atoms with E-state index in [4.69, 9.17) is 4.74 Å². The van der Waals surface area contributed by atoms with Gasteiger partial charge in [0.25, 0.3) is 0 Å². The highest BCUT2D eigenvalue weighted by atomic mass is 32.1. The summed E-state index contributed by atoms with van der Waals surface area (Å²) >= 11 is 1.57. The standard InChI is InChI=1S/C10H14N2O2S/c1-7-6-15-9(12-7)5-11-10(13)8-3-2-4-14-8/h6,8H,2-5H2,1H3,(H,11,13). The zero-order chi connectivity index (χ0) is 10.7. The Balaban J connectivity index is 1.80. The molecule has 1 N–H and O–H groups in total. The van der Waals surface area contributed by atoms with Crippen LogP contribution in [0.15, 0.2) is 5.38 Å². The molecular formula is C10H14N2O2S. The molecule has 1 aromatic rings. The SMILES string of the molecule is Cc1csc(CNC(=O)C2CCCO2)n1. The quantitative estimate of drug-likeness (QED) is 0.843. The molecule has 0 bridgehead atoms. The van der Waals surface area contributed by atoms with E-state index in [2.05, 4.69) is 10.3 Å². The molecule has 1 unspecified atom stereocenters. The van der Waals surface area contributed by atoms with Crippen LogP contribution in [0.1, 0.15) is 23.5 Å². The predicted octanol–water partition coefficient (Wildman–Crippen LogP) is 1.25. The van der Waals surface area contributed by atoms with Gasteiger partial charge in [0.1, 0.15) is 11.1 Å². The first-order valence-corrected chi connectivity index (χ1v) is 5.94. The zero-order valence-corrected chi connectivity index (χ0v) is 9.47. The van der Waals surface area contributed by atoms with Crippen molar-refractivity contribution >= 4 is 17.2 Å². The molecule has 1 aromatic heterocycles. The Hall–Kier alpha value is -0.940. The van der Waals surface area contributed by atoms with E-state index in [1.165, 1.54) is 0 Å². The normalized spacial score (nSPS) is 20.5. The number of thiazole rings is 1. The average molecular weight is 226 g/mol. The number of hydrogen-bond acceptors (Lipinski definition) is 4. The summed E-state index contributed by atoms with van der Waals surface area (Å²) in [5, 5.41) is 5.76. The highest BCUT2D eigenvalue weighted by Crippen LogP contribution is 2.12. The molecule has 1 amide bonds. The third kappa shape index (κ3) is 2.76. The van der Waals surface area contributed by atoms with Gasteiger partial charge in [-0.2, -0.15) is 0 Å². The molecule has 0 spiro atoms. The van der Waals surface area contributed by atoms with E-state index in [-0.39, 0.29) is 12.0 Å². The minimum Gasteiger partial charge on any atom is -0.368 e. The number of aromatic nitrogens is 1. The fourth-order valence-electron chi connectivity index (χ4n) is 1.54. The van der Waals surface area contributed by atoms with Gasteiger partial charge in [0.05, 0.1) is 6.54 Å². The second-order valence-corrected chi connectivity index (χ2v) is 4.54. The van der Waals surface area contributed by atoms with Crippen molar-refractivity contribution in [1.82, 2.24) is 10.3 Å². The van der Waals surface area contributed by atoms with E-state index in [0.717, 1.165) is 23.5 Å². The second-order valence-electron chi connectivity index (χ2n) is 3.60. The molecule has 0 aliphatic carbocycles. The van der Waals surface area contributed by atoms with E-state index in [1.54, 1.807) is 11.3 Å². The van der Waals surface area contributed by atoms with Gasteiger partial charge in [-0.05, 0) is 19.8 Å². The van der Waals surface area contributed by atoms with Crippen LogP contribution in [0, 0.1) is 6.92 Å². The molecule has 1 saturated heterocycles. The van der Waals surface area contributed by atoms with Crippen molar-refractivity contribution in [2.24, 2.45) is 0 Å². The second kappa shape index (κ2) is 4.72. The Bertz CT molecular complexity index is 345.